The summed E-state index contributed by atoms with van der Waals surface area (Å²) < 4.78 is 4.89. The molecule has 80 valence electrons. The summed E-state index contributed by atoms with van der Waals surface area (Å²) in [4.78, 5) is 23.8. The van der Waals surface area contributed by atoms with Gasteiger partial charge in [0.15, 0.2) is 5.78 Å². The molecule has 0 atom stereocenters. The van der Waals surface area contributed by atoms with Crippen molar-refractivity contribution < 1.29 is 14.3 Å². The van der Waals surface area contributed by atoms with E-state index >= 15 is 0 Å². The number of amides is 1. The predicted octanol–water partition coefficient (Wildman–Crippen LogP) is -0.00970. The van der Waals surface area contributed by atoms with E-state index in [0.29, 0.717) is 16.7 Å². The maximum atomic E-state index is 11.4. The molecule has 1 saturated heterocycles. The summed E-state index contributed by atoms with van der Waals surface area (Å²) in [7, 11) is 1.56. The first-order valence-electron chi connectivity index (χ1n) is 4.34. The van der Waals surface area contributed by atoms with Crippen molar-refractivity contribution in [2.75, 3.05) is 18.6 Å². The fourth-order valence-electron chi connectivity index (χ4n) is 1.29. The predicted molar refractivity (Wildman–Crippen MR) is 52.6 cm³/mol. The number of carbonyl (C=O) groups is 2. The van der Waals surface area contributed by atoms with Crippen LogP contribution >= 0.6 is 11.3 Å². The molecule has 0 aliphatic carbocycles. The van der Waals surface area contributed by atoms with Crippen LogP contribution < -0.4 is 4.90 Å². The van der Waals surface area contributed by atoms with Gasteiger partial charge in [0.05, 0.1) is 13.0 Å². The number of ketones is 1. The zero-order chi connectivity index (χ0) is 10.8. The van der Waals surface area contributed by atoms with Gasteiger partial charge in [-0.25, -0.2) is 0 Å². The van der Waals surface area contributed by atoms with Gasteiger partial charge in [-0.05, 0) is 0 Å². The number of rotatable bonds is 3. The summed E-state index contributed by atoms with van der Waals surface area (Å²) in [6.45, 7) is 0.480. The van der Waals surface area contributed by atoms with Gasteiger partial charge in [0.25, 0.3) is 0 Å². The highest BCUT2D eigenvalue weighted by Crippen LogP contribution is 2.24. The molecular weight excluding hydrogens is 218 g/mol. The zero-order valence-electron chi connectivity index (χ0n) is 8.10. The highest BCUT2D eigenvalue weighted by molar-refractivity contribution is 7.15. The Morgan fingerprint density at radius 3 is 2.87 bits per heavy atom. The van der Waals surface area contributed by atoms with E-state index in [1.807, 2.05) is 0 Å². The summed E-state index contributed by atoms with van der Waals surface area (Å²) in [5.74, 6) is -0.288. The molecule has 15 heavy (non-hydrogen) atoms. The first-order valence-corrected chi connectivity index (χ1v) is 5.15. The molecule has 1 aliphatic rings. The van der Waals surface area contributed by atoms with Gasteiger partial charge in [-0.1, -0.05) is 11.3 Å². The summed E-state index contributed by atoms with van der Waals surface area (Å²) in [6, 6.07) is 0. The van der Waals surface area contributed by atoms with Gasteiger partial charge in [0, 0.05) is 7.11 Å². The molecule has 0 bridgehead atoms. The summed E-state index contributed by atoms with van der Waals surface area (Å²) in [6.07, 6.45) is -0.0286. The first kappa shape index (κ1) is 10.2. The summed E-state index contributed by atoms with van der Waals surface area (Å²) in [5.41, 5.74) is 0. The minimum Gasteiger partial charge on any atom is -0.377 e. The Bertz CT molecular complexity index is 404. The molecule has 1 amide bonds. The van der Waals surface area contributed by atoms with Crippen LogP contribution in [0.25, 0.3) is 0 Å². The quantitative estimate of drug-likeness (QED) is 0.679. The van der Waals surface area contributed by atoms with Gasteiger partial charge in [-0.2, -0.15) is 0 Å². The van der Waals surface area contributed by atoms with Crippen molar-refractivity contribution in [1.82, 2.24) is 10.2 Å². The number of anilines is 1. The highest BCUT2D eigenvalue weighted by Gasteiger charge is 2.30. The van der Waals surface area contributed by atoms with Crippen LogP contribution in [-0.2, 0) is 20.9 Å². The van der Waals surface area contributed by atoms with Crippen molar-refractivity contribution in [2.24, 2.45) is 0 Å². The van der Waals surface area contributed by atoms with Crippen LogP contribution in [0, 0.1) is 0 Å². The lowest BCUT2D eigenvalue weighted by Crippen LogP contribution is -2.24. The molecule has 7 heteroatoms. The van der Waals surface area contributed by atoms with Crippen LogP contribution in [0.5, 0.6) is 0 Å². The molecule has 2 rings (SSSR count). The number of Topliss-reactive ketones (excluding diaryl/α,β-unsaturated/α-hetero) is 1. The van der Waals surface area contributed by atoms with E-state index in [9.17, 15) is 9.59 Å². The number of hydrogen-bond acceptors (Lipinski definition) is 6. The van der Waals surface area contributed by atoms with Crippen LogP contribution in [0.3, 0.4) is 0 Å². The van der Waals surface area contributed by atoms with Crippen molar-refractivity contribution >= 4 is 28.2 Å². The molecule has 6 nitrogen and oxygen atoms in total. The number of carbonyl (C=O) groups excluding carboxylic acids is 2. The van der Waals surface area contributed by atoms with E-state index in [1.165, 1.54) is 16.2 Å². The average molecular weight is 227 g/mol. The molecule has 2 heterocycles. The molecular formula is C8H9N3O3S. The molecule has 0 radical (unpaired) electrons. The summed E-state index contributed by atoms with van der Waals surface area (Å²) in [5, 5.41) is 8.86. The third-order valence-corrected chi connectivity index (χ3v) is 2.86. The molecule has 0 saturated carbocycles. The number of ether oxygens (including phenoxy) is 1. The lowest BCUT2D eigenvalue weighted by molar-refractivity contribution is -0.121. The van der Waals surface area contributed by atoms with Gasteiger partial charge in [0.2, 0.25) is 11.0 Å². The van der Waals surface area contributed by atoms with Gasteiger partial charge in [-0.15, -0.1) is 10.2 Å². The van der Waals surface area contributed by atoms with E-state index in [1.54, 1.807) is 7.11 Å². The maximum Gasteiger partial charge on any atom is 0.236 e. The van der Waals surface area contributed by atoms with E-state index in [4.69, 9.17) is 4.74 Å². The van der Waals surface area contributed by atoms with Crippen molar-refractivity contribution in [3.05, 3.63) is 5.01 Å². The van der Waals surface area contributed by atoms with Crippen molar-refractivity contribution in [1.29, 1.82) is 0 Å². The summed E-state index contributed by atoms with van der Waals surface area (Å²) >= 11 is 1.27. The van der Waals surface area contributed by atoms with Crippen molar-refractivity contribution in [3.63, 3.8) is 0 Å². The fraction of sp³-hybridized carbons (Fsp3) is 0.500. The van der Waals surface area contributed by atoms with E-state index in [-0.39, 0.29) is 24.7 Å². The highest BCUT2D eigenvalue weighted by atomic mass is 32.1. The monoisotopic (exact) mass is 227 g/mol. The number of nitrogens with zero attached hydrogens (tertiary/aromatic N) is 3. The van der Waals surface area contributed by atoms with Crippen LogP contribution in [0.4, 0.5) is 5.13 Å². The Labute approximate surface area is 89.9 Å². The second-order valence-electron chi connectivity index (χ2n) is 3.11. The Morgan fingerprint density at radius 2 is 2.27 bits per heavy atom. The van der Waals surface area contributed by atoms with E-state index < -0.39 is 0 Å². The molecule has 1 fully saturated rings. The second-order valence-corrected chi connectivity index (χ2v) is 4.15. The Kier molecular flexibility index (Phi) is 2.74. The topological polar surface area (TPSA) is 72.4 Å². The van der Waals surface area contributed by atoms with Crippen LogP contribution in [0.1, 0.15) is 11.4 Å². The number of hydrogen-bond donors (Lipinski definition) is 0. The molecule has 1 aliphatic heterocycles. The van der Waals surface area contributed by atoms with Crippen molar-refractivity contribution in [2.45, 2.75) is 13.0 Å². The lowest BCUT2D eigenvalue weighted by atomic mass is 10.3. The smallest absolute Gasteiger partial charge is 0.236 e. The average Bonchev–Trinajstić information content (AvgIpc) is 2.73. The van der Waals surface area contributed by atoms with Crippen molar-refractivity contribution in [3.8, 4) is 0 Å². The maximum absolute atomic E-state index is 11.4. The Balaban J connectivity index is 2.15. The Hall–Kier alpha value is -1.34. The molecule has 0 spiro atoms. The zero-order valence-corrected chi connectivity index (χ0v) is 8.91. The standard InChI is InChI=1S/C8H9N3O3S/c1-14-4-6-9-10-8(15-6)11-3-5(12)2-7(11)13/h2-4H2,1H3. The van der Waals surface area contributed by atoms with Gasteiger partial charge in [0.1, 0.15) is 11.6 Å². The lowest BCUT2D eigenvalue weighted by Gasteiger charge is -2.07. The van der Waals surface area contributed by atoms with Gasteiger partial charge >= 0.3 is 0 Å². The van der Waals surface area contributed by atoms with Crippen LogP contribution in [-0.4, -0.2) is 35.5 Å². The Morgan fingerprint density at radius 1 is 1.47 bits per heavy atom. The second kappa shape index (κ2) is 4.03. The minimum absolute atomic E-state index is 0.0286. The largest absolute Gasteiger partial charge is 0.377 e. The third-order valence-electron chi connectivity index (χ3n) is 1.94. The fourth-order valence-corrected chi connectivity index (χ4v) is 2.12. The van der Waals surface area contributed by atoms with Crippen LogP contribution in [0.15, 0.2) is 0 Å². The SMILES string of the molecule is COCc1nnc(N2CC(=O)CC2=O)s1. The minimum atomic E-state index is -0.208. The first-order chi connectivity index (χ1) is 7.20. The third kappa shape index (κ3) is 2.02. The molecule has 1 aromatic rings. The van der Waals surface area contributed by atoms with Gasteiger partial charge < -0.3 is 4.74 Å². The molecule has 0 aromatic carbocycles. The molecule has 0 N–H and O–H groups in total. The molecule has 1 aromatic heterocycles. The van der Waals surface area contributed by atoms with Crippen LogP contribution in [0.2, 0.25) is 0 Å². The van der Waals surface area contributed by atoms with E-state index in [2.05, 4.69) is 10.2 Å². The normalized spacial score (nSPS) is 16.5. The van der Waals surface area contributed by atoms with Gasteiger partial charge in [-0.3, -0.25) is 14.5 Å². The number of methoxy groups -OCH3 is 1. The van der Waals surface area contributed by atoms with E-state index in [0.717, 1.165) is 0 Å². The number of aromatic nitrogens is 2. The molecule has 0 unspecified atom stereocenters.